The van der Waals surface area contributed by atoms with Crippen molar-refractivity contribution < 1.29 is 9.13 Å². The number of nitrogens with zero attached hydrogens (tertiary/aromatic N) is 3. The van der Waals surface area contributed by atoms with Gasteiger partial charge >= 0.3 is 0 Å². The van der Waals surface area contributed by atoms with Gasteiger partial charge in [0.05, 0.1) is 5.52 Å². The van der Waals surface area contributed by atoms with Gasteiger partial charge in [0.2, 0.25) is 0 Å². The minimum absolute atomic E-state index is 0.280. The van der Waals surface area contributed by atoms with Gasteiger partial charge in [0.15, 0.2) is 0 Å². The summed E-state index contributed by atoms with van der Waals surface area (Å²) in [5.74, 6) is 0.836. The Kier molecular flexibility index (Phi) is 2.67. The molecule has 0 aliphatic rings. The number of aromatic nitrogens is 3. The van der Waals surface area contributed by atoms with E-state index in [1.54, 1.807) is 29.8 Å². The first-order valence-electron chi connectivity index (χ1n) is 5.87. The lowest BCUT2D eigenvalue weighted by molar-refractivity contribution is 0.472. The summed E-state index contributed by atoms with van der Waals surface area (Å²) in [4.78, 5) is 0. The maximum Gasteiger partial charge on any atom is 0.133 e. The molecule has 19 heavy (non-hydrogen) atoms. The molecule has 0 N–H and O–H groups in total. The first-order chi connectivity index (χ1) is 9.15. The van der Waals surface area contributed by atoms with E-state index in [0.29, 0.717) is 17.1 Å². The Morgan fingerprint density at radius 2 is 2.05 bits per heavy atom. The number of hydrogen-bond acceptors (Lipinski definition) is 3. The van der Waals surface area contributed by atoms with Crippen molar-refractivity contribution in [2.75, 3.05) is 0 Å². The molecule has 0 bridgehead atoms. The molecule has 1 heterocycles. The molecule has 5 heteroatoms. The molecule has 0 amide bonds. The molecule has 0 radical (unpaired) electrons. The fraction of sp³-hybridized carbons (Fsp3) is 0.143. The van der Waals surface area contributed by atoms with Crippen molar-refractivity contribution in [3.05, 3.63) is 47.8 Å². The summed E-state index contributed by atoms with van der Waals surface area (Å²) in [5, 5.41) is 7.95. The summed E-state index contributed by atoms with van der Waals surface area (Å²) in [6.07, 6.45) is 0. The van der Waals surface area contributed by atoms with Gasteiger partial charge in [0.1, 0.15) is 22.8 Å². The van der Waals surface area contributed by atoms with Gasteiger partial charge in [0.25, 0.3) is 0 Å². The molecule has 0 saturated heterocycles. The molecule has 0 aliphatic carbocycles. The highest BCUT2D eigenvalue weighted by molar-refractivity contribution is 5.76. The number of rotatable bonds is 2. The van der Waals surface area contributed by atoms with Gasteiger partial charge in [-0.05, 0) is 31.2 Å². The van der Waals surface area contributed by atoms with E-state index in [2.05, 4.69) is 10.3 Å². The number of benzene rings is 2. The average Bonchev–Trinajstić information content (AvgIpc) is 2.76. The van der Waals surface area contributed by atoms with Crippen molar-refractivity contribution in [3.8, 4) is 11.5 Å². The van der Waals surface area contributed by atoms with Crippen LogP contribution in [0.15, 0.2) is 36.4 Å². The van der Waals surface area contributed by atoms with Gasteiger partial charge in [-0.25, -0.2) is 9.07 Å². The highest BCUT2D eigenvalue weighted by atomic mass is 19.1. The lowest BCUT2D eigenvalue weighted by atomic mass is 10.2. The summed E-state index contributed by atoms with van der Waals surface area (Å²) in [6, 6.07) is 10.2. The zero-order chi connectivity index (χ0) is 13.4. The second-order valence-corrected chi connectivity index (χ2v) is 4.33. The Balaban J connectivity index is 1.99. The SMILES string of the molecule is Cc1c(F)cccc1Oc1ccc2c(c1)nnn2C. The van der Waals surface area contributed by atoms with E-state index in [1.165, 1.54) is 6.07 Å². The largest absolute Gasteiger partial charge is 0.457 e. The standard InChI is InChI=1S/C14H12FN3O/c1-9-11(15)4-3-5-14(9)19-10-6-7-13-12(8-10)16-17-18(13)2/h3-8H,1-2H3. The number of fused-ring (bicyclic) bond motifs is 1. The van der Waals surface area contributed by atoms with Crippen molar-refractivity contribution in [1.29, 1.82) is 0 Å². The Morgan fingerprint density at radius 3 is 2.89 bits per heavy atom. The molecule has 0 unspecified atom stereocenters. The molecule has 2 aromatic carbocycles. The fourth-order valence-corrected chi connectivity index (χ4v) is 1.91. The maximum atomic E-state index is 13.4. The zero-order valence-corrected chi connectivity index (χ0v) is 10.6. The molecule has 0 saturated carbocycles. The molecular formula is C14H12FN3O. The monoisotopic (exact) mass is 257 g/mol. The minimum atomic E-state index is -0.280. The molecule has 4 nitrogen and oxygen atoms in total. The van der Waals surface area contributed by atoms with Crippen molar-refractivity contribution >= 4 is 11.0 Å². The van der Waals surface area contributed by atoms with Crippen LogP contribution < -0.4 is 4.74 Å². The summed E-state index contributed by atoms with van der Waals surface area (Å²) in [6.45, 7) is 1.69. The van der Waals surface area contributed by atoms with E-state index in [0.717, 1.165) is 11.0 Å². The molecule has 0 spiro atoms. The lowest BCUT2D eigenvalue weighted by Crippen LogP contribution is -1.91. The zero-order valence-electron chi connectivity index (χ0n) is 10.6. The molecule has 3 rings (SSSR count). The van der Waals surface area contributed by atoms with Gasteiger partial charge in [-0.15, -0.1) is 5.10 Å². The van der Waals surface area contributed by atoms with Crippen molar-refractivity contribution in [2.45, 2.75) is 6.92 Å². The van der Waals surface area contributed by atoms with Crippen molar-refractivity contribution in [2.24, 2.45) is 7.05 Å². The molecule has 0 fully saturated rings. The Morgan fingerprint density at radius 1 is 1.21 bits per heavy atom. The molecule has 96 valence electrons. The predicted octanol–water partition coefficient (Wildman–Crippen LogP) is 3.21. The Bertz CT molecular complexity index is 752. The second kappa shape index (κ2) is 4.35. The molecule has 3 aromatic rings. The van der Waals surface area contributed by atoms with Crippen LogP contribution in [0.2, 0.25) is 0 Å². The van der Waals surface area contributed by atoms with E-state index in [4.69, 9.17) is 4.74 Å². The van der Waals surface area contributed by atoms with Crippen molar-refractivity contribution in [1.82, 2.24) is 15.0 Å². The van der Waals surface area contributed by atoms with Crippen LogP contribution in [0.4, 0.5) is 4.39 Å². The van der Waals surface area contributed by atoms with Crippen LogP contribution in [0.25, 0.3) is 11.0 Å². The number of halogens is 1. The highest BCUT2D eigenvalue weighted by Gasteiger charge is 2.07. The molecule has 1 aromatic heterocycles. The number of aryl methyl sites for hydroxylation is 1. The number of ether oxygens (including phenoxy) is 1. The van der Waals surface area contributed by atoms with Gasteiger partial charge in [-0.3, -0.25) is 0 Å². The van der Waals surface area contributed by atoms with E-state index in [1.807, 2.05) is 19.2 Å². The third-order valence-corrected chi connectivity index (χ3v) is 3.03. The van der Waals surface area contributed by atoms with Crippen LogP contribution in [-0.4, -0.2) is 15.0 Å². The predicted molar refractivity (Wildman–Crippen MR) is 69.7 cm³/mol. The molecule has 0 aliphatic heterocycles. The topological polar surface area (TPSA) is 39.9 Å². The van der Waals surface area contributed by atoms with Gasteiger partial charge in [-0.2, -0.15) is 0 Å². The van der Waals surface area contributed by atoms with Crippen molar-refractivity contribution in [3.63, 3.8) is 0 Å². The third-order valence-electron chi connectivity index (χ3n) is 3.03. The minimum Gasteiger partial charge on any atom is -0.457 e. The molecule has 0 atom stereocenters. The normalized spacial score (nSPS) is 10.9. The van der Waals surface area contributed by atoms with Gasteiger partial charge in [-0.1, -0.05) is 11.3 Å². The van der Waals surface area contributed by atoms with Crippen LogP contribution in [0, 0.1) is 12.7 Å². The van der Waals surface area contributed by atoms with Crippen LogP contribution in [0.5, 0.6) is 11.5 Å². The quantitative estimate of drug-likeness (QED) is 0.707. The Labute approximate surface area is 109 Å². The van der Waals surface area contributed by atoms with Crippen LogP contribution in [-0.2, 0) is 7.05 Å². The van der Waals surface area contributed by atoms with Crippen LogP contribution >= 0.6 is 0 Å². The van der Waals surface area contributed by atoms with Gasteiger partial charge in [0, 0.05) is 18.7 Å². The van der Waals surface area contributed by atoms with E-state index in [9.17, 15) is 4.39 Å². The Hall–Kier alpha value is -2.43. The lowest BCUT2D eigenvalue weighted by Gasteiger charge is -2.08. The first-order valence-corrected chi connectivity index (χ1v) is 5.87. The third kappa shape index (κ3) is 2.03. The van der Waals surface area contributed by atoms with Gasteiger partial charge < -0.3 is 4.74 Å². The van der Waals surface area contributed by atoms with Crippen LogP contribution in [0.3, 0.4) is 0 Å². The number of hydrogen-bond donors (Lipinski definition) is 0. The fourth-order valence-electron chi connectivity index (χ4n) is 1.91. The highest BCUT2D eigenvalue weighted by Crippen LogP contribution is 2.28. The second-order valence-electron chi connectivity index (χ2n) is 4.33. The van der Waals surface area contributed by atoms with E-state index < -0.39 is 0 Å². The smallest absolute Gasteiger partial charge is 0.133 e. The molecular weight excluding hydrogens is 245 g/mol. The maximum absolute atomic E-state index is 13.4. The van der Waals surface area contributed by atoms with E-state index in [-0.39, 0.29) is 5.82 Å². The summed E-state index contributed by atoms with van der Waals surface area (Å²) in [5.41, 5.74) is 2.15. The summed E-state index contributed by atoms with van der Waals surface area (Å²) in [7, 11) is 1.83. The summed E-state index contributed by atoms with van der Waals surface area (Å²) >= 11 is 0. The first kappa shape index (κ1) is 11.6. The average molecular weight is 257 g/mol. The van der Waals surface area contributed by atoms with E-state index >= 15 is 0 Å². The van der Waals surface area contributed by atoms with Crippen LogP contribution in [0.1, 0.15) is 5.56 Å². The summed E-state index contributed by atoms with van der Waals surface area (Å²) < 4.78 is 20.8.